The third kappa shape index (κ3) is 3.94. The van der Waals surface area contributed by atoms with Crippen LogP contribution in [-0.4, -0.2) is 31.4 Å². The minimum absolute atomic E-state index is 0.00449. The van der Waals surface area contributed by atoms with Gasteiger partial charge in [-0.15, -0.1) is 0 Å². The number of rotatable bonds is 5. The van der Waals surface area contributed by atoms with Crippen molar-refractivity contribution in [2.75, 3.05) is 20.7 Å². The highest BCUT2D eigenvalue weighted by molar-refractivity contribution is 6.04. The highest BCUT2D eigenvalue weighted by Gasteiger charge is 2.05. The van der Waals surface area contributed by atoms with Gasteiger partial charge in [0.15, 0.2) is 5.78 Å². The van der Waals surface area contributed by atoms with Crippen molar-refractivity contribution in [2.45, 2.75) is 13.8 Å². The predicted octanol–water partition coefficient (Wildman–Crippen LogP) is 2.65. The van der Waals surface area contributed by atoms with E-state index in [0.717, 1.165) is 11.3 Å². The minimum Gasteiger partial charge on any atom is -0.494 e. The smallest absolute Gasteiger partial charge is 0.187 e. The molecule has 0 amide bonds. The molecule has 0 saturated carbocycles. The molecule has 0 heterocycles. The Balaban J connectivity index is 2.86. The van der Waals surface area contributed by atoms with Gasteiger partial charge in [-0.05, 0) is 37.6 Å². The summed E-state index contributed by atoms with van der Waals surface area (Å²) in [5.41, 5.74) is 1.67. The third-order valence-corrected chi connectivity index (χ3v) is 2.28. The molecule has 0 aliphatic heterocycles. The van der Waals surface area contributed by atoms with Crippen LogP contribution < -0.4 is 4.74 Å². The highest BCUT2D eigenvalue weighted by Crippen LogP contribution is 2.19. The maximum absolute atomic E-state index is 11.8. The number of ketones is 1. The molecule has 92 valence electrons. The summed E-state index contributed by atoms with van der Waals surface area (Å²) in [6, 6.07) is 5.49. The molecule has 1 aromatic rings. The van der Waals surface area contributed by atoms with E-state index < -0.39 is 0 Å². The van der Waals surface area contributed by atoms with Crippen LogP contribution in [0, 0.1) is 6.92 Å². The number of benzene rings is 1. The van der Waals surface area contributed by atoms with Crippen LogP contribution >= 0.6 is 0 Å². The van der Waals surface area contributed by atoms with E-state index >= 15 is 0 Å². The quantitative estimate of drug-likeness (QED) is 0.578. The standard InChI is InChI=1S/C14H19NO2/c1-5-17-14-7-6-12(10-11(14)2)13(16)8-9-15(3)4/h6-10H,5H2,1-4H3. The molecule has 0 N–H and O–H groups in total. The summed E-state index contributed by atoms with van der Waals surface area (Å²) in [6.07, 6.45) is 3.31. The zero-order valence-electron chi connectivity index (χ0n) is 10.9. The Labute approximate surface area is 103 Å². The van der Waals surface area contributed by atoms with Crippen molar-refractivity contribution >= 4 is 5.78 Å². The molecular formula is C14H19NO2. The fourth-order valence-corrected chi connectivity index (χ4v) is 1.43. The molecule has 1 aromatic carbocycles. The largest absolute Gasteiger partial charge is 0.494 e. The minimum atomic E-state index is 0.00449. The topological polar surface area (TPSA) is 29.5 Å². The van der Waals surface area contributed by atoms with Gasteiger partial charge in [-0.1, -0.05) is 0 Å². The first-order valence-electron chi connectivity index (χ1n) is 5.67. The lowest BCUT2D eigenvalue weighted by molar-refractivity contribution is 0.104. The van der Waals surface area contributed by atoms with E-state index in [9.17, 15) is 4.79 Å². The van der Waals surface area contributed by atoms with Crippen LogP contribution in [0.25, 0.3) is 0 Å². The fraction of sp³-hybridized carbons (Fsp3) is 0.357. The Kier molecular flexibility index (Phi) is 4.76. The molecule has 1 rings (SSSR count). The maximum atomic E-state index is 11.8. The first kappa shape index (κ1) is 13.3. The molecular weight excluding hydrogens is 214 g/mol. The molecule has 0 aliphatic rings. The van der Waals surface area contributed by atoms with Crippen molar-refractivity contribution < 1.29 is 9.53 Å². The van der Waals surface area contributed by atoms with Crippen molar-refractivity contribution in [3.05, 3.63) is 41.6 Å². The number of allylic oxidation sites excluding steroid dienone is 1. The number of hydrogen-bond acceptors (Lipinski definition) is 3. The number of carbonyl (C=O) groups is 1. The monoisotopic (exact) mass is 233 g/mol. The predicted molar refractivity (Wildman–Crippen MR) is 69.5 cm³/mol. The number of nitrogens with zero attached hydrogens (tertiary/aromatic N) is 1. The molecule has 17 heavy (non-hydrogen) atoms. The second kappa shape index (κ2) is 6.09. The Hall–Kier alpha value is -1.77. The molecule has 0 atom stereocenters. The average molecular weight is 233 g/mol. The molecule has 0 saturated heterocycles. The van der Waals surface area contributed by atoms with Gasteiger partial charge in [-0.25, -0.2) is 0 Å². The van der Waals surface area contributed by atoms with Crippen LogP contribution in [0.5, 0.6) is 5.75 Å². The summed E-state index contributed by atoms with van der Waals surface area (Å²) in [7, 11) is 3.76. The van der Waals surface area contributed by atoms with Gasteiger partial charge in [-0.3, -0.25) is 4.79 Å². The lowest BCUT2D eigenvalue weighted by Gasteiger charge is -2.08. The van der Waals surface area contributed by atoms with Crippen LogP contribution in [0.3, 0.4) is 0 Å². The molecule has 3 nitrogen and oxygen atoms in total. The lowest BCUT2D eigenvalue weighted by atomic mass is 10.1. The number of ether oxygens (including phenoxy) is 1. The molecule has 0 fully saturated rings. The van der Waals surface area contributed by atoms with Gasteiger partial charge < -0.3 is 9.64 Å². The molecule has 0 bridgehead atoms. The number of aryl methyl sites for hydroxylation is 1. The Morgan fingerprint density at radius 3 is 2.65 bits per heavy atom. The summed E-state index contributed by atoms with van der Waals surface area (Å²) in [5, 5.41) is 0. The van der Waals surface area contributed by atoms with Gasteiger partial charge in [0.1, 0.15) is 5.75 Å². The maximum Gasteiger partial charge on any atom is 0.187 e. The van der Waals surface area contributed by atoms with Gasteiger partial charge >= 0.3 is 0 Å². The summed E-state index contributed by atoms with van der Waals surface area (Å²) in [4.78, 5) is 13.6. The normalized spacial score (nSPS) is 10.6. The van der Waals surface area contributed by atoms with Crippen LogP contribution in [0.4, 0.5) is 0 Å². The third-order valence-electron chi connectivity index (χ3n) is 2.28. The van der Waals surface area contributed by atoms with E-state index in [1.54, 1.807) is 18.3 Å². The fourth-order valence-electron chi connectivity index (χ4n) is 1.43. The Bertz CT molecular complexity index is 422. The van der Waals surface area contributed by atoms with Crippen LogP contribution in [0.1, 0.15) is 22.8 Å². The molecule has 0 aromatic heterocycles. The van der Waals surface area contributed by atoms with E-state index in [4.69, 9.17) is 4.74 Å². The molecule has 0 radical (unpaired) electrons. The van der Waals surface area contributed by atoms with Crippen molar-refractivity contribution in [1.29, 1.82) is 0 Å². The second-order valence-corrected chi connectivity index (χ2v) is 4.06. The molecule has 0 aliphatic carbocycles. The van der Waals surface area contributed by atoms with E-state index in [2.05, 4.69) is 0 Å². The van der Waals surface area contributed by atoms with Crippen molar-refractivity contribution in [3.63, 3.8) is 0 Å². The van der Waals surface area contributed by atoms with E-state index in [1.165, 1.54) is 0 Å². The van der Waals surface area contributed by atoms with Gasteiger partial charge in [0.25, 0.3) is 0 Å². The Morgan fingerprint density at radius 1 is 1.41 bits per heavy atom. The van der Waals surface area contributed by atoms with E-state index in [0.29, 0.717) is 12.2 Å². The number of hydrogen-bond donors (Lipinski definition) is 0. The van der Waals surface area contributed by atoms with Crippen molar-refractivity contribution in [3.8, 4) is 5.75 Å². The average Bonchev–Trinajstić information content (AvgIpc) is 2.28. The van der Waals surface area contributed by atoms with Gasteiger partial charge in [0.05, 0.1) is 6.61 Å². The molecule has 0 spiro atoms. The molecule has 0 unspecified atom stereocenters. The lowest BCUT2D eigenvalue weighted by Crippen LogP contribution is -2.03. The SMILES string of the molecule is CCOc1ccc(C(=O)C=CN(C)C)cc1C. The zero-order valence-corrected chi connectivity index (χ0v) is 10.9. The van der Waals surface area contributed by atoms with Crippen LogP contribution in [-0.2, 0) is 0 Å². The van der Waals surface area contributed by atoms with Gasteiger partial charge in [-0.2, -0.15) is 0 Å². The second-order valence-electron chi connectivity index (χ2n) is 4.06. The number of carbonyl (C=O) groups excluding carboxylic acids is 1. The van der Waals surface area contributed by atoms with E-state index in [1.807, 2.05) is 45.0 Å². The van der Waals surface area contributed by atoms with Crippen LogP contribution in [0.15, 0.2) is 30.5 Å². The summed E-state index contributed by atoms with van der Waals surface area (Å²) in [6.45, 7) is 4.52. The van der Waals surface area contributed by atoms with Crippen molar-refractivity contribution in [2.24, 2.45) is 0 Å². The zero-order chi connectivity index (χ0) is 12.8. The Morgan fingerprint density at radius 2 is 2.12 bits per heavy atom. The van der Waals surface area contributed by atoms with Gasteiger partial charge in [0, 0.05) is 31.9 Å². The summed E-state index contributed by atoms with van der Waals surface area (Å²) < 4.78 is 5.43. The first-order chi connectivity index (χ1) is 8.04. The highest BCUT2D eigenvalue weighted by atomic mass is 16.5. The van der Waals surface area contributed by atoms with Gasteiger partial charge in [0.2, 0.25) is 0 Å². The molecule has 3 heteroatoms. The van der Waals surface area contributed by atoms with Crippen molar-refractivity contribution in [1.82, 2.24) is 4.90 Å². The van der Waals surface area contributed by atoms with Crippen LogP contribution in [0.2, 0.25) is 0 Å². The van der Waals surface area contributed by atoms with E-state index in [-0.39, 0.29) is 5.78 Å². The first-order valence-corrected chi connectivity index (χ1v) is 5.67. The summed E-state index contributed by atoms with van der Waals surface area (Å²) in [5.74, 6) is 0.838. The summed E-state index contributed by atoms with van der Waals surface area (Å²) >= 11 is 0.